The van der Waals surface area contributed by atoms with Crippen LogP contribution in [0.3, 0.4) is 0 Å². The van der Waals surface area contributed by atoms with E-state index in [1.165, 1.54) is 12.1 Å². The Morgan fingerprint density at radius 3 is 2.23 bits per heavy atom. The molecule has 2 aromatic carbocycles. The number of nitrogens with zero attached hydrogens (tertiary/aromatic N) is 1. The van der Waals surface area contributed by atoms with Crippen LogP contribution >= 0.6 is 11.6 Å². The maximum absolute atomic E-state index is 12.6. The summed E-state index contributed by atoms with van der Waals surface area (Å²) in [6, 6.07) is 11.8. The van der Waals surface area contributed by atoms with E-state index < -0.39 is 11.0 Å². The predicted molar refractivity (Wildman–Crippen MR) is 117 cm³/mol. The number of carbonyl (C=O) groups excluding carboxylic acids is 2. The van der Waals surface area contributed by atoms with E-state index in [0.29, 0.717) is 35.8 Å². The van der Waals surface area contributed by atoms with E-state index in [1.807, 2.05) is 13.8 Å². The van der Waals surface area contributed by atoms with Crippen LogP contribution in [0.5, 0.6) is 0 Å². The van der Waals surface area contributed by atoms with Crippen molar-refractivity contribution in [2.75, 3.05) is 18.4 Å². The normalized spacial score (nSPS) is 11.6. The lowest BCUT2D eigenvalue weighted by molar-refractivity contribution is -0.384. The number of nitrogens with one attached hydrogen (secondary N) is 3. The third-order valence-corrected chi connectivity index (χ3v) is 4.52. The fraction of sp³-hybridized carbons (Fsp3) is 0.333. The summed E-state index contributed by atoms with van der Waals surface area (Å²) < 4.78 is 0. The zero-order valence-electron chi connectivity index (χ0n) is 16.9. The summed E-state index contributed by atoms with van der Waals surface area (Å²) in [7, 11) is 0. The average molecular weight is 433 g/mol. The Kier molecular flexibility index (Phi) is 8.61. The molecule has 0 radical (unpaired) electrons. The smallest absolute Gasteiger partial charge is 0.269 e. The van der Waals surface area contributed by atoms with Crippen LogP contribution in [0.4, 0.5) is 11.4 Å². The number of amides is 2. The van der Waals surface area contributed by atoms with Gasteiger partial charge >= 0.3 is 0 Å². The Bertz CT molecular complexity index is 870. The Labute approximate surface area is 180 Å². The molecule has 1 atom stereocenters. The summed E-state index contributed by atoms with van der Waals surface area (Å²) in [6.45, 7) is 4.72. The van der Waals surface area contributed by atoms with E-state index in [1.54, 1.807) is 36.4 Å². The monoisotopic (exact) mass is 432 g/mol. The Balaban J connectivity index is 1.86. The van der Waals surface area contributed by atoms with Crippen LogP contribution < -0.4 is 16.0 Å². The number of hydrogen-bond acceptors (Lipinski definition) is 5. The van der Waals surface area contributed by atoms with E-state index in [0.717, 1.165) is 0 Å². The molecule has 0 saturated heterocycles. The van der Waals surface area contributed by atoms with Crippen LogP contribution in [-0.2, 0) is 4.79 Å². The molecule has 0 aliphatic rings. The zero-order chi connectivity index (χ0) is 22.1. The third kappa shape index (κ3) is 7.36. The second-order valence-electron chi connectivity index (χ2n) is 7.18. The van der Waals surface area contributed by atoms with E-state index in [9.17, 15) is 19.7 Å². The fourth-order valence-electron chi connectivity index (χ4n) is 2.76. The van der Waals surface area contributed by atoms with Crippen LogP contribution in [0.2, 0.25) is 5.02 Å². The molecule has 0 saturated carbocycles. The molecule has 2 rings (SSSR count). The van der Waals surface area contributed by atoms with Crippen LogP contribution in [0.15, 0.2) is 48.5 Å². The molecular formula is C21H25ClN4O4. The number of halogens is 1. The highest BCUT2D eigenvalue weighted by molar-refractivity contribution is 6.30. The molecule has 0 bridgehead atoms. The number of anilines is 1. The van der Waals surface area contributed by atoms with Gasteiger partial charge in [-0.2, -0.15) is 0 Å². The lowest BCUT2D eigenvalue weighted by atomic mass is 10.0. The van der Waals surface area contributed by atoms with Gasteiger partial charge in [-0.3, -0.25) is 19.7 Å². The van der Waals surface area contributed by atoms with Gasteiger partial charge in [0, 0.05) is 41.5 Å². The average Bonchev–Trinajstić information content (AvgIpc) is 2.71. The molecule has 0 aliphatic carbocycles. The van der Waals surface area contributed by atoms with Gasteiger partial charge in [0.2, 0.25) is 5.91 Å². The Morgan fingerprint density at radius 2 is 1.67 bits per heavy atom. The second-order valence-corrected chi connectivity index (χ2v) is 7.62. The molecule has 2 amide bonds. The van der Waals surface area contributed by atoms with Gasteiger partial charge in [-0.1, -0.05) is 25.4 Å². The quantitative estimate of drug-likeness (QED) is 0.301. The van der Waals surface area contributed by atoms with Crippen molar-refractivity contribution in [1.82, 2.24) is 10.6 Å². The van der Waals surface area contributed by atoms with E-state index in [4.69, 9.17) is 11.6 Å². The Morgan fingerprint density at radius 1 is 1.03 bits per heavy atom. The number of nitro groups is 1. The SMILES string of the molecule is CC(C)CC(NC(=O)c1ccc(Cl)cc1)C(=O)NCCNc1ccc([N+](=O)[O-])cc1. The first-order chi connectivity index (χ1) is 14.3. The van der Waals surface area contributed by atoms with Gasteiger partial charge in [-0.15, -0.1) is 0 Å². The van der Waals surface area contributed by atoms with Crippen molar-refractivity contribution >= 4 is 34.8 Å². The predicted octanol–water partition coefficient (Wildman–Crippen LogP) is 3.62. The van der Waals surface area contributed by atoms with Crippen molar-refractivity contribution in [1.29, 1.82) is 0 Å². The highest BCUT2D eigenvalue weighted by Gasteiger charge is 2.22. The lowest BCUT2D eigenvalue weighted by Gasteiger charge is -2.20. The fourth-order valence-corrected chi connectivity index (χ4v) is 2.89. The molecule has 0 spiro atoms. The summed E-state index contributed by atoms with van der Waals surface area (Å²) in [5, 5.41) is 19.9. The number of non-ortho nitro benzene ring substituents is 1. The van der Waals surface area contributed by atoms with Gasteiger partial charge in [-0.25, -0.2) is 0 Å². The van der Waals surface area contributed by atoms with E-state index in [-0.39, 0.29) is 23.4 Å². The highest BCUT2D eigenvalue weighted by atomic mass is 35.5. The topological polar surface area (TPSA) is 113 Å². The summed E-state index contributed by atoms with van der Waals surface area (Å²) >= 11 is 5.85. The maximum Gasteiger partial charge on any atom is 0.269 e. The van der Waals surface area contributed by atoms with Crippen LogP contribution in [0.1, 0.15) is 30.6 Å². The van der Waals surface area contributed by atoms with Gasteiger partial charge < -0.3 is 16.0 Å². The van der Waals surface area contributed by atoms with Gasteiger partial charge in [0.1, 0.15) is 6.04 Å². The minimum atomic E-state index is -0.660. The summed E-state index contributed by atoms with van der Waals surface area (Å²) in [5.41, 5.74) is 1.16. The molecule has 2 aromatic rings. The van der Waals surface area contributed by atoms with Gasteiger partial charge in [-0.05, 0) is 48.7 Å². The number of rotatable bonds is 10. The molecule has 0 heterocycles. The third-order valence-electron chi connectivity index (χ3n) is 4.27. The molecule has 8 nitrogen and oxygen atoms in total. The van der Waals surface area contributed by atoms with Gasteiger partial charge in [0.05, 0.1) is 4.92 Å². The van der Waals surface area contributed by atoms with Crippen LogP contribution in [0, 0.1) is 16.0 Å². The molecule has 30 heavy (non-hydrogen) atoms. The standard InChI is InChI=1S/C21H25ClN4O4/c1-14(2)13-19(25-20(27)15-3-5-16(22)6-4-15)21(28)24-12-11-23-17-7-9-18(10-8-17)26(29)30/h3-10,14,19,23H,11-13H2,1-2H3,(H,24,28)(H,25,27). The minimum Gasteiger partial charge on any atom is -0.383 e. The number of benzene rings is 2. The van der Waals surface area contributed by atoms with Crippen molar-refractivity contribution in [3.05, 3.63) is 69.2 Å². The van der Waals surface area contributed by atoms with Gasteiger partial charge in [0.15, 0.2) is 0 Å². The summed E-state index contributed by atoms with van der Waals surface area (Å²) in [6.07, 6.45) is 0.501. The van der Waals surface area contributed by atoms with Crippen molar-refractivity contribution in [3.8, 4) is 0 Å². The zero-order valence-corrected chi connectivity index (χ0v) is 17.6. The summed E-state index contributed by atoms with van der Waals surface area (Å²) in [4.78, 5) is 35.2. The highest BCUT2D eigenvalue weighted by Crippen LogP contribution is 2.15. The van der Waals surface area contributed by atoms with Crippen LogP contribution in [0.25, 0.3) is 0 Å². The lowest BCUT2D eigenvalue weighted by Crippen LogP contribution is -2.48. The molecule has 0 fully saturated rings. The van der Waals surface area contributed by atoms with E-state index in [2.05, 4.69) is 16.0 Å². The number of hydrogen-bond donors (Lipinski definition) is 3. The summed E-state index contributed by atoms with van der Waals surface area (Å²) in [5.74, 6) is -0.391. The molecule has 1 unspecified atom stereocenters. The first-order valence-corrected chi connectivity index (χ1v) is 9.96. The molecule has 9 heteroatoms. The van der Waals surface area contributed by atoms with Crippen molar-refractivity contribution in [2.24, 2.45) is 5.92 Å². The van der Waals surface area contributed by atoms with E-state index >= 15 is 0 Å². The largest absolute Gasteiger partial charge is 0.383 e. The number of nitro benzene ring substituents is 1. The number of carbonyl (C=O) groups is 2. The molecule has 160 valence electrons. The molecule has 3 N–H and O–H groups in total. The Hall–Kier alpha value is -3.13. The minimum absolute atomic E-state index is 0.0156. The molecule has 0 aliphatic heterocycles. The maximum atomic E-state index is 12.6. The first kappa shape index (κ1) is 23.2. The van der Waals surface area contributed by atoms with Crippen LogP contribution in [-0.4, -0.2) is 35.9 Å². The van der Waals surface area contributed by atoms with Gasteiger partial charge in [0.25, 0.3) is 11.6 Å². The first-order valence-electron chi connectivity index (χ1n) is 9.58. The van der Waals surface area contributed by atoms with Crippen molar-refractivity contribution < 1.29 is 14.5 Å². The van der Waals surface area contributed by atoms with Crippen molar-refractivity contribution in [3.63, 3.8) is 0 Å². The molecular weight excluding hydrogens is 408 g/mol. The van der Waals surface area contributed by atoms with Crippen molar-refractivity contribution in [2.45, 2.75) is 26.3 Å². The molecule has 0 aromatic heterocycles. The second kappa shape index (κ2) is 11.2.